The molecular weight excluding hydrogens is 394 g/mol. The third-order valence-electron chi connectivity index (χ3n) is 6.19. The molecule has 0 bridgehead atoms. The lowest BCUT2D eigenvalue weighted by atomic mass is 9.96. The summed E-state index contributed by atoms with van der Waals surface area (Å²) in [6.45, 7) is 8.10. The predicted molar refractivity (Wildman–Crippen MR) is 128 cm³/mol. The maximum absolute atomic E-state index is 12.7. The van der Waals surface area contributed by atoms with E-state index in [0.29, 0.717) is 24.3 Å². The fourth-order valence-corrected chi connectivity index (χ4v) is 4.49. The lowest BCUT2D eigenvalue weighted by Gasteiger charge is -2.34. The molecule has 1 aliphatic rings. The second-order valence-corrected chi connectivity index (χ2v) is 8.94. The van der Waals surface area contributed by atoms with Crippen LogP contribution in [0.2, 0.25) is 0 Å². The standard InChI is InChI=1S/C24H39N3O2S/c1-6-26(19(2)18-20-9-11-22(29-5)12-10-20)15-7-8-23(28)27-16-13-21(14-17-27)24(30)25(3)4/h9-12,19,21H,6-8,13-18H2,1-5H3. The molecule has 0 spiro atoms. The molecule has 0 saturated carbocycles. The fraction of sp³-hybridized carbons (Fsp3) is 0.667. The Kier molecular flexibility index (Phi) is 10.1. The van der Waals surface area contributed by atoms with E-state index in [4.69, 9.17) is 17.0 Å². The molecule has 1 heterocycles. The van der Waals surface area contributed by atoms with Gasteiger partial charge in [0.2, 0.25) is 5.91 Å². The highest BCUT2D eigenvalue weighted by atomic mass is 32.1. The molecule has 0 N–H and O–H groups in total. The number of amides is 1. The second-order valence-electron chi connectivity index (χ2n) is 8.52. The van der Waals surface area contributed by atoms with Crippen LogP contribution in [0.1, 0.15) is 45.1 Å². The zero-order chi connectivity index (χ0) is 22.1. The van der Waals surface area contributed by atoms with Crippen LogP contribution >= 0.6 is 12.2 Å². The largest absolute Gasteiger partial charge is 0.497 e. The normalized spacial score (nSPS) is 15.9. The molecule has 0 aliphatic carbocycles. The van der Waals surface area contributed by atoms with Crippen molar-refractivity contribution >= 4 is 23.1 Å². The van der Waals surface area contributed by atoms with E-state index in [9.17, 15) is 4.79 Å². The molecule has 30 heavy (non-hydrogen) atoms. The average Bonchev–Trinajstić information content (AvgIpc) is 2.76. The monoisotopic (exact) mass is 433 g/mol. The van der Waals surface area contributed by atoms with Gasteiger partial charge in [0, 0.05) is 45.6 Å². The Morgan fingerprint density at radius 3 is 2.40 bits per heavy atom. The van der Waals surface area contributed by atoms with E-state index < -0.39 is 0 Å². The quantitative estimate of drug-likeness (QED) is 0.524. The number of hydrogen-bond donors (Lipinski definition) is 0. The number of thiocarbonyl (C=S) groups is 1. The minimum absolute atomic E-state index is 0.295. The van der Waals surface area contributed by atoms with Crippen LogP contribution < -0.4 is 4.74 Å². The molecule has 1 unspecified atom stereocenters. The van der Waals surface area contributed by atoms with E-state index in [2.05, 4.69) is 30.9 Å². The molecule has 1 aromatic rings. The number of piperidine rings is 1. The molecular formula is C24H39N3O2S. The number of benzene rings is 1. The minimum atomic E-state index is 0.295. The highest BCUT2D eigenvalue weighted by Crippen LogP contribution is 2.21. The van der Waals surface area contributed by atoms with E-state index in [-0.39, 0.29) is 0 Å². The number of likely N-dealkylation sites (N-methyl/N-ethyl adjacent to an activating group) is 1. The van der Waals surface area contributed by atoms with E-state index in [1.807, 2.05) is 36.0 Å². The van der Waals surface area contributed by atoms with Gasteiger partial charge in [0.05, 0.1) is 12.1 Å². The van der Waals surface area contributed by atoms with Crippen molar-refractivity contribution in [3.63, 3.8) is 0 Å². The summed E-state index contributed by atoms with van der Waals surface area (Å²) in [5.41, 5.74) is 1.32. The van der Waals surface area contributed by atoms with Gasteiger partial charge in [-0.25, -0.2) is 0 Å². The first-order chi connectivity index (χ1) is 14.3. The molecule has 0 radical (unpaired) electrons. The first-order valence-electron chi connectivity index (χ1n) is 11.2. The van der Waals surface area contributed by atoms with Crippen LogP contribution in [0, 0.1) is 5.92 Å². The maximum atomic E-state index is 12.7. The molecule has 1 amide bonds. The summed E-state index contributed by atoms with van der Waals surface area (Å²) in [7, 11) is 5.71. The van der Waals surface area contributed by atoms with Crippen molar-refractivity contribution in [2.75, 3.05) is 47.4 Å². The number of carbonyl (C=O) groups is 1. The zero-order valence-corrected chi connectivity index (χ0v) is 20.2. The van der Waals surface area contributed by atoms with Gasteiger partial charge in [-0.05, 0) is 63.4 Å². The summed E-state index contributed by atoms with van der Waals surface area (Å²) in [4.78, 5) is 20.2. The second kappa shape index (κ2) is 12.3. The summed E-state index contributed by atoms with van der Waals surface area (Å²) in [6.07, 6.45) is 4.53. The molecule has 5 nitrogen and oxygen atoms in total. The molecule has 1 saturated heterocycles. The van der Waals surface area contributed by atoms with Gasteiger partial charge in [-0.2, -0.15) is 0 Å². The van der Waals surface area contributed by atoms with Crippen molar-refractivity contribution < 1.29 is 9.53 Å². The highest BCUT2D eigenvalue weighted by Gasteiger charge is 2.26. The Morgan fingerprint density at radius 2 is 1.87 bits per heavy atom. The van der Waals surface area contributed by atoms with Gasteiger partial charge in [0.15, 0.2) is 0 Å². The van der Waals surface area contributed by atoms with Gasteiger partial charge in [-0.3, -0.25) is 4.79 Å². The summed E-state index contributed by atoms with van der Waals surface area (Å²) < 4.78 is 5.24. The Morgan fingerprint density at radius 1 is 1.23 bits per heavy atom. The molecule has 0 aromatic heterocycles. The number of nitrogens with zero attached hydrogens (tertiary/aromatic N) is 3. The summed E-state index contributed by atoms with van der Waals surface area (Å²) >= 11 is 5.51. The lowest BCUT2D eigenvalue weighted by Crippen LogP contribution is -2.42. The molecule has 1 aliphatic heterocycles. The predicted octanol–water partition coefficient (Wildman–Crippen LogP) is 3.86. The maximum Gasteiger partial charge on any atom is 0.222 e. The first-order valence-corrected chi connectivity index (χ1v) is 11.6. The van der Waals surface area contributed by atoms with E-state index in [1.165, 1.54) is 5.56 Å². The molecule has 1 fully saturated rings. The Labute approximate surface area is 188 Å². The summed E-state index contributed by atoms with van der Waals surface area (Å²) in [5, 5.41) is 0. The number of likely N-dealkylation sites (tertiary alicyclic amines) is 1. The first kappa shape index (κ1) is 24.6. The molecule has 168 valence electrons. The van der Waals surface area contributed by atoms with E-state index in [0.717, 1.165) is 62.6 Å². The summed E-state index contributed by atoms with van der Waals surface area (Å²) in [5.74, 6) is 1.63. The molecule has 1 aromatic carbocycles. The Bertz CT molecular complexity index is 670. The number of methoxy groups -OCH3 is 1. The van der Waals surface area contributed by atoms with Crippen molar-refractivity contribution in [2.24, 2.45) is 5.92 Å². The van der Waals surface area contributed by atoms with Gasteiger partial charge >= 0.3 is 0 Å². The van der Waals surface area contributed by atoms with Gasteiger partial charge in [-0.1, -0.05) is 31.3 Å². The topological polar surface area (TPSA) is 36.0 Å². The SMILES string of the molecule is CCN(CCCC(=O)N1CCC(C(=S)N(C)C)CC1)C(C)Cc1ccc(OC)cc1. The van der Waals surface area contributed by atoms with Crippen LogP contribution in [-0.4, -0.2) is 79.0 Å². The highest BCUT2D eigenvalue weighted by molar-refractivity contribution is 7.80. The van der Waals surface area contributed by atoms with Crippen LogP contribution in [0.3, 0.4) is 0 Å². The Balaban J connectivity index is 1.73. The summed E-state index contributed by atoms with van der Waals surface area (Å²) in [6, 6.07) is 8.76. The van der Waals surface area contributed by atoms with E-state index in [1.54, 1.807) is 7.11 Å². The molecule has 1 atom stereocenters. The fourth-order valence-electron chi connectivity index (χ4n) is 4.25. The number of ether oxygens (including phenoxy) is 1. The third kappa shape index (κ3) is 7.24. The van der Waals surface area contributed by atoms with Crippen LogP contribution in [0.15, 0.2) is 24.3 Å². The zero-order valence-electron chi connectivity index (χ0n) is 19.4. The number of rotatable bonds is 10. The van der Waals surface area contributed by atoms with Crippen molar-refractivity contribution in [3.8, 4) is 5.75 Å². The van der Waals surface area contributed by atoms with Crippen molar-refractivity contribution in [2.45, 2.75) is 52.0 Å². The average molecular weight is 434 g/mol. The minimum Gasteiger partial charge on any atom is -0.497 e. The van der Waals surface area contributed by atoms with Crippen LogP contribution in [0.4, 0.5) is 0 Å². The number of hydrogen-bond acceptors (Lipinski definition) is 4. The Hall–Kier alpha value is -1.66. The number of carbonyl (C=O) groups excluding carboxylic acids is 1. The van der Waals surface area contributed by atoms with Crippen molar-refractivity contribution in [1.82, 2.24) is 14.7 Å². The van der Waals surface area contributed by atoms with E-state index >= 15 is 0 Å². The van der Waals surface area contributed by atoms with Gasteiger partial charge < -0.3 is 19.4 Å². The van der Waals surface area contributed by atoms with Crippen LogP contribution in [0.5, 0.6) is 5.75 Å². The molecule has 2 rings (SSSR count). The van der Waals surface area contributed by atoms with Crippen molar-refractivity contribution in [1.29, 1.82) is 0 Å². The third-order valence-corrected chi connectivity index (χ3v) is 6.89. The lowest BCUT2D eigenvalue weighted by molar-refractivity contribution is -0.132. The smallest absolute Gasteiger partial charge is 0.222 e. The van der Waals surface area contributed by atoms with Gasteiger partial charge in [0.1, 0.15) is 5.75 Å². The van der Waals surface area contributed by atoms with Crippen LogP contribution in [0.25, 0.3) is 0 Å². The van der Waals surface area contributed by atoms with Gasteiger partial charge in [-0.15, -0.1) is 0 Å². The van der Waals surface area contributed by atoms with Gasteiger partial charge in [0.25, 0.3) is 0 Å². The van der Waals surface area contributed by atoms with Crippen LogP contribution in [-0.2, 0) is 11.2 Å². The van der Waals surface area contributed by atoms with Crippen molar-refractivity contribution in [3.05, 3.63) is 29.8 Å². The molecule has 6 heteroatoms.